The van der Waals surface area contributed by atoms with Crippen LogP contribution in [0.4, 0.5) is 0 Å². The van der Waals surface area contributed by atoms with Gasteiger partial charge in [-0.15, -0.1) is 0 Å². The van der Waals surface area contributed by atoms with Crippen LogP contribution in [-0.2, 0) is 6.54 Å². The summed E-state index contributed by atoms with van der Waals surface area (Å²) in [4.78, 5) is 17.5. The first-order chi connectivity index (χ1) is 14.1. The van der Waals surface area contributed by atoms with Gasteiger partial charge in [0.05, 0.1) is 6.04 Å². The summed E-state index contributed by atoms with van der Waals surface area (Å²) >= 11 is 0. The highest BCUT2D eigenvalue weighted by Gasteiger charge is 2.31. The van der Waals surface area contributed by atoms with Gasteiger partial charge in [0.1, 0.15) is 5.69 Å². The summed E-state index contributed by atoms with van der Waals surface area (Å²) in [6, 6.07) is 13.6. The van der Waals surface area contributed by atoms with Crippen LogP contribution in [-0.4, -0.2) is 64.3 Å². The first-order valence-corrected chi connectivity index (χ1v) is 10.9. The van der Waals surface area contributed by atoms with E-state index in [1.54, 1.807) is 0 Å². The Labute approximate surface area is 173 Å². The zero-order valence-electron chi connectivity index (χ0n) is 17.6. The van der Waals surface area contributed by atoms with Crippen molar-refractivity contribution in [1.29, 1.82) is 0 Å². The van der Waals surface area contributed by atoms with Gasteiger partial charge < -0.3 is 10.2 Å². The van der Waals surface area contributed by atoms with E-state index in [1.165, 1.54) is 5.56 Å². The Morgan fingerprint density at radius 2 is 2.07 bits per heavy atom. The maximum absolute atomic E-state index is 13.0. The van der Waals surface area contributed by atoms with Crippen molar-refractivity contribution in [2.45, 2.75) is 57.3 Å². The van der Waals surface area contributed by atoms with Crippen LogP contribution in [0.2, 0.25) is 0 Å². The minimum absolute atomic E-state index is 0.0428. The van der Waals surface area contributed by atoms with Crippen molar-refractivity contribution < 1.29 is 4.79 Å². The van der Waals surface area contributed by atoms with E-state index < -0.39 is 0 Å². The molecule has 0 saturated carbocycles. The zero-order valence-corrected chi connectivity index (χ0v) is 17.6. The van der Waals surface area contributed by atoms with Gasteiger partial charge in [-0.05, 0) is 50.8 Å². The van der Waals surface area contributed by atoms with Crippen molar-refractivity contribution in [1.82, 2.24) is 24.9 Å². The van der Waals surface area contributed by atoms with Crippen LogP contribution in [0.15, 0.2) is 42.6 Å². The molecule has 2 fully saturated rings. The Morgan fingerprint density at radius 1 is 1.24 bits per heavy atom. The summed E-state index contributed by atoms with van der Waals surface area (Å²) in [5.74, 6) is 0.0428. The number of hydrogen-bond donors (Lipinski definition) is 1. The van der Waals surface area contributed by atoms with Gasteiger partial charge in [-0.2, -0.15) is 5.10 Å². The van der Waals surface area contributed by atoms with Crippen molar-refractivity contribution in [3.05, 3.63) is 53.9 Å². The predicted molar refractivity (Wildman–Crippen MR) is 115 cm³/mol. The highest BCUT2D eigenvalue weighted by atomic mass is 16.2. The van der Waals surface area contributed by atoms with Crippen LogP contribution in [0.1, 0.15) is 54.7 Å². The lowest BCUT2D eigenvalue weighted by Crippen LogP contribution is -2.49. The zero-order chi connectivity index (χ0) is 20.2. The van der Waals surface area contributed by atoms with Crippen LogP contribution in [0.3, 0.4) is 0 Å². The molecule has 0 bridgehead atoms. The van der Waals surface area contributed by atoms with Crippen molar-refractivity contribution in [3.63, 3.8) is 0 Å². The van der Waals surface area contributed by atoms with Gasteiger partial charge in [-0.1, -0.05) is 30.3 Å². The molecule has 2 saturated heterocycles. The monoisotopic (exact) mass is 395 g/mol. The third kappa shape index (κ3) is 4.70. The molecule has 0 spiro atoms. The van der Waals surface area contributed by atoms with Crippen molar-refractivity contribution in [3.8, 4) is 0 Å². The van der Waals surface area contributed by atoms with Gasteiger partial charge in [-0.3, -0.25) is 14.4 Å². The lowest BCUT2D eigenvalue weighted by Gasteiger charge is -2.41. The largest absolute Gasteiger partial charge is 0.337 e. The van der Waals surface area contributed by atoms with E-state index in [0.29, 0.717) is 17.8 Å². The molecule has 29 heavy (non-hydrogen) atoms. The summed E-state index contributed by atoms with van der Waals surface area (Å²) in [5.41, 5.74) is 1.92. The van der Waals surface area contributed by atoms with E-state index in [-0.39, 0.29) is 11.9 Å². The Morgan fingerprint density at radius 3 is 2.79 bits per heavy atom. The van der Waals surface area contributed by atoms with Crippen LogP contribution in [0.25, 0.3) is 0 Å². The number of amides is 1. The van der Waals surface area contributed by atoms with Gasteiger partial charge in [0.25, 0.3) is 5.91 Å². The molecule has 2 aromatic rings. The average Bonchev–Trinajstić information content (AvgIpc) is 3.26. The van der Waals surface area contributed by atoms with E-state index in [0.717, 1.165) is 51.9 Å². The smallest absolute Gasteiger partial charge is 0.274 e. The first-order valence-electron chi connectivity index (χ1n) is 10.9. The van der Waals surface area contributed by atoms with Crippen molar-refractivity contribution in [2.75, 3.05) is 26.7 Å². The van der Waals surface area contributed by atoms with Crippen LogP contribution in [0, 0.1) is 0 Å². The van der Waals surface area contributed by atoms with Crippen molar-refractivity contribution >= 4 is 5.91 Å². The second-order valence-corrected chi connectivity index (χ2v) is 8.58. The maximum Gasteiger partial charge on any atom is 0.274 e. The average molecular weight is 396 g/mol. The van der Waals surface area contributed by atoms with E-state index >= 15 is 0 Å². The molecule has 3 heterocycles. The number of carbonyl (C=O) groups is 1. The lowest BCUT2D eigenvalue weighted by atomic mass is 9.96. The Hall–Kier alpha value is -2.18. The fourth-order valence-corrected chi connectivity index (χ4v) is 4.66. The number of likely N-dealkylation sites (tertiary alicyclic amines) is 1. The fraction of sp³-hybridized carbons (Fsp3) is 0.565. The molecule has 3 unspecified atom stereocenters. The number of rotatable bonds is 5. The summed E-state index contributed by atoms with van der Waals surface area (Å²) in [5, 5.41) is 8.03. The van der Waals surface area contributed by atoms with Crippen LogP contribution >= 0.6 is 0 Å². The molecule has 1 aromatic heterocycles. The summed E-state index contributed by atoms with van der Waals surface area (Å²) in [6.45, 7) is 6.28. The van der Waals surface area contributed by atoms with Gasteiger partial charge in [0.15, 0.2) is 0 Å². The third-order valence-corrected chi connectivity index (χ3v) is 6.56. The topological polar surface area (TPSA) is 53.4 Å². The second kappa shape index (κ2) is 9.09. The van der Waals surface area contributed by atoms with Gasteiger partial charge in [0, 0.05) is 45.0 Å². The molecule has 4 rings (SSSR count). The second-order valence-electron chi connectivity index (χ2n) is 8.58. The maximum atomic E-state index is 13.0. The highest BCUT2D eigenvalue weighted by Crippen LogP contribution is 2.24. The summed E-state index contributed by atoms with van der Waals surface area (Å²) in [6.07, 6.45) is 6.25. The molecule has 2 aliphatic rings. The molecule has 0 aliphatic carbocycles. The van der Waals surface area contributed by atoms with Crippen LogP contribution < -0.4 is 5.32 Å². The predicted octanol–water partition coefficient (Wildman–Crippen LogP) is 2.93. The molecule has 1 aromatic carbocycles. The summed E-state index contributed by atoms with van der Waals surface area (Å²) < 4.78 is 1.97. The summed E-state index contributed by atoms with van der Waals surface area (Å²) in [7, 11) is 1.94. The highest BCUT2D eigenvalue weighted by molar-refractivity contribution is 5.92. The number of hydrogen-bond acceptors (Lipinski definition) is 4. The Bertz CT molecular complexity index is 799. The number of benzene rings is 1. The molecule has 156 valence electrons. The standard InChI is InChI=1S/C23H33N5O/c1-18-15-20(10-13-27(18)17-19-7-4-3-5-8-19)26(2)23(29)22-11-14-28(25-22)21-9-6-12-24-16-21/h3-5,7-8,11,14,18,20-21,24H,6,9-10,12-13,15-17H2,1-2H3. The Kier molecular flexibility index (Phi) is 6.31. The lowest BCUT2D eigenvalue weighted by molar-refractivity contribution is 0.0532. The molecule has 1 amide bonds. The number of aromatic nitrogens is 2. The third-order valence-electron chi connectivity index (χ3n) is 6.56. The first kappa shape index (κ1) is 20.1. The molecule has 0 radical (unpaired) electrons. The molecular formula is C23H33N5O. The number of piperidine rings is 2. The van der Waals surface area contributed by atoms with Crippen LogP contribution in [0.5, 0.6) is 0 Å². The minimum Gasteiger partial charge on any atom is -0.337 e. The fourth-order valence-electron chi connectivity index (χ4n) is 4.66. The van der Waals surface area contributed by atoms with Gasteiger partial charge in [0.2, 0.25) is 0 Å². The molecule has 6 heteroatoms. The number of nitrogens with one attached hydrogen (secondary N) is 1. The van der Waals surface area contributed by atoms with Gasteiger partial charge in [-0.25, -0.2) is 0 Å². The molecule has 1 N–H and O–H groups in total. The number of nitrogens with zero attached hydrogens (tertiary/aromatic N) is 4. The SMILES string of the molecule is CC1CC(N(C)C(=O)c2ccn(C3CCCNC3)n2)CCN1Cc1ccccc1. The molecule has 3 atom stereocenters. The normalized spacial score (nSPS) is 25.7. The van der Waals surface area contributed by atoms with E-state index in [1.807, 2.05) is 28.9 Å². The number of carbonyl (C=O) groups excluding carboxylic acids is 1. The Balaban J connectivity index is 1.34. The molecular weight excluding hydrogens is 362 g/mol. The van der Waals surface area contributed by atoms with E-state index in [4.69, 9.17) is 0 Å². The van der Waals surface area contributed by atoms with Crippen molar-refractivity contribution in [2.24, 2.45) is 0 Å². The minimum atomic E-state index is 0.0428. The molecule has 6 nitrogen and oxygen atoms in total. The quantitative estimate of drug-likeness (QED) is 0.846. The van der Waals surface area contributed by atoms with E-state index in [9.17, 15) is 4.79 Å². The van der Waals surface area contributed by atoms with E-state index in [2.05, 4.69) is 52.6 Å². The molecule has 2 aliphatic heterocycles. The van der Waals surface area contributed by atoms with Gasteiger partial charge >= 0.3 is 0 Å².